The van der Waals surface area contributed by atoms with Crippen LogP contribution in [0.4, 0.5) is 9.18 Å². The van der Waals surface area contributed by atoms with Crippen molar-refractivity contribution in [2.45, 2.75) is 91.5 Å². The van der Waals surface area contributed by atoms with Gasteiger partial charge >= 0.3 is 6.09 Å². The number of alkyl carbamates (subject to hydrolysis) is 1. The number of hydrogen-bond donors (Lipinski definition) is 2. The summed E-state index contributed by atoms with van der Waals surface area (Å²) in [5.74, 6) is 1.41. The Kier molecular flexibility index (Phi) is 9.78. The molecule has 0 atom stereocenters. The number of ether oxygens (including phenoxy) is 3. The summed E-state index contributed by atoms with van der Waals surface area (Å²) in [6.45, 7) is 13.0. The van der Waals surface area contributed by atoms with Crippen LogP contribution in [0.15, 0.2) is 47.4 Å². The number of halogens is 1. The van der Waals surface area contributed by atoms with Crippen LogP contribution in [0.2, 0.25) is 0 Å². The van der Waals surface area contributed by atoms with Crippen LogP contribution in [0, 0.1) is 25.6 Å². The fraction of sp³-hybridized carbons (Fsp3) is 0.486. The monoisotopic (exact) mass is 608 g/mol. The third kappa shape index (κ3) is 8.40. The van der Waals surface area contributed by atoms with E-state index >= 15 is 0 Å². The summed E-state index contributed by atoms with van der Waals surface area (Å²) in [7, 11) is 1.67. The van der Waals surface area contributed by atoms with E-state index < -0.39 is 17.3 Å². The van der Waals surface area contributed by atoms with Gasteiger partial charge in [0.05, 0.1) is 11.7 Å². The van der Waals surface area contributed by atoms with Crippen molar-refractivity contribution in [1.29, 1.82) is 0 Å². The summed E-state index contributed by atoms with van der Waals surface area (Å²) >= 11 is 0. The summed E-state index contributed by atoms with van der Waals surface area (Å²) in [5, 5.41) is 13.7. The zero-order chi connectivity index (χ0) is 32.4. The second-order valence-corrected chi connectivity index (χ2v) is 13.4. The van der Waals surface area contributed by atoms with E-state index in [2.05, 4.69) is 5.32 Å². The molecule has 1 heterocycles. The van der Waals surface area contributed by atoms with Gasteiger partial charge in [0.2, 0.25) is 0 Å². The van der Waals surface area contributed by atoms with E-state index in [4.69, 9.17) is 14.2 Å². The van der Waals surface area contributed by atoms with Gasteiger partial charge in [-0.25, -0.2) is 9.18 Å². The minimum absolute atomic E-state index is 0.123. The highest BCUT2D eigenvalue weighted by Gasteiger charge is 2.27. The fourth-order valence-corrected chi connectivity index (χ4v) is 5.47. The zero-order valence-corrected chi connectivity index (χ0v) is 27.0. The normalized spacial score (nSPS) is 17.2. The molecule has 0 saturated heterocycles. The van der Waals surface area contributed by atoms with Crippen molar-refractivity contribution in [1.82, 2.24) is 9.88 Å². The van der Waals surface area contributed by atoms with Crippen LogP contribution < -0.4 is 20.3 Å². The molecule has 44 heavy (non-hydrogen) atoms. The van der Waals surface area contributed by atoms with Crippen molar-refractivity contribution >= 4 is 6.09 Å². The lowest BCUT2D eigenvalue weighted by molar-refractivity contribution is 0.0507. The van der Waals surface area contributed by atoms with Crippen molar-refractivity contribution in [3.8, 4) is 28.4 Å². The standard InChI is InChI=1S/C35H45FN2O6/c1-21-15-25(36)16-22(2)32(21)43-29-14-11-24(35(6,7)41)17-27(29)28-20-38(8)31(39)18-30(28)42-26-12-9-23(10-13-26)19-37-33(40)44-34(3,4)5/h11,14-18,20,23,26,41H,9-10,12-13,19H2,1-8H3,(H,37,40)/t23-,26-. The van der Waals surface area contributed by atoms with Gasteiger partial charge in [-0.2, -0.15) is 0 Å². The van der Waals surface area contributed by atoms with E-state index in [1.165, 1.54) is 22.8 Å². The lowest BCUT2D eigenvalue weighted by Gasteiger charge is -2.30. The van der Waals surface area contributed by atoms with E-state index in [9.17, 15) is 19.1 Å². The number of aliphatic hydroxyl groups is 1. The average molecular weight is 609 g/mol. The van der Waals surface area contributed by atoms with Crippen LogP contribution in [-0.2, 0) is 17.4 Å². The molecule has 1 saturated carbocycles. The molecule has 2 N–H and O–H groups in total. The number of aryl methyl sites for hydroxylation is 3. The Labute approximate surface area is 259 Å². The predicted octanol–water partition coefficient (Wildman–Crippen LogP) is 7.29. The second kappa shape index (κ2) is 13.0. The summed E-state index contributed by atoms with van der Waals surface area (Å²) < 4.78 is 33.8. The number of aromatic nitrogens is 1. The first kappa shape index (κ1) is 33.1. The molecule has 2 aromatic carbocycles. The van der Waals surface area contributed by atoms with Gasteiger partial charge < -0.3 is 29.2 Å². The smallest absolute Gasteiger partial charge is 0.407 e. The maximum Gasteiger partial charge on any atom is 0.407 e. The van der Waals surface area contributed by atoms with Crippen LogP contribution in [0.1, 0.15) is 77.0 Å². The molecule has 238 valence electrons. The number of pyridine rings is 1. The van der Waals surface area contributed by atoms with E-state index in [1.54, 1.807) is 53.1 Å². The van der Waals surface area contributed by atoms with Crippen LogP contribution in [0.3, 0.4) is 0 Å². The molecule has 0 spiro atoms. The van der Waals surface area contributed by atoms with Crippen LogP contribution in [-0.4, -0.2) is 34.0 Å². The van der Waals surface area contributed by atoms with Gasteiger partial charge in [0.25, 0.3) is 5.56 Å². The number of benzene rings is 2. The molecule has 3 aromatic rings. The first-order valence-corrected chi connectivity index (χ1v) is 15.2. The predicted molar refractivity (Wildman–Crippen MR) is 169 cm³/mol. The van der Waals surface area contributed by atoms with E-state index in [0.717, 1.165) is 25.7 Å². The Morgan fingerprint density at radius 2 is 1.61 bits per heavy atom. The van der Waals surface area contributed by atoms with Crippen LogP contribution >= 0.6 is 0 Å². The molecule has 0 radical (unpaired) electrons. The van der Waals surface area contributed by atoms with Gasteiger partial charge in [-0.1, -0.05) is 6.07 Å². The summed E-state index contributed by atoms with van der Waals surface area (Å²) in [6.07, 6.45) is 4.40. The Morgan fingerprint density at radius 3 is 2.20 bits per heavy atom. The number of hydrogen-bond acceptors (Lipinski definition) is 6. The third-order valence-corrected chi connectivity index (χ3v) is 7.83. The molecule has 0 unspecified atom stereocenters. The molecular formula is C35H45FN2O6. The molecule has 1 aromatic heterocycles. The summed E-state index contributed by atoms with van der Waals surface area (Å²) in [5.41, 5.74) is 1.32. The highest BCUT2D eigenvalue weighted by atomic mass is 19.1. The number of carbonyl (C=O) groups excluding carboxylic acids is 1. The minimum atomic E-state index is -1.14. The highest BCUT2D eigenvalue weighted by molar-refractivity contribution is 5.76. The molecule has 1 fully saturated rings. The van der Waals surface area contributed by atoms with Crippen LogP contribution in [0.25, 0.3) is 11.1 Å². The van der Waals surface area contributed by atoms with Gasteiger partial charge in [-0.3, -0.25) is 4.79 Å². The van der Waals surface area contributed by atoms with E-state index in [-0.39, 0.29) is 17.5 Å². The number of rotatable bonds is 8. The maximum absolute atomic E-state index is 14.0. The molecule has 1 aliphatic carbocycles. The molecule has 1 amide bonds. The van der Waals surface area contributed by atoms with Gasteiger partial charge in [0.1, 0.15) is 28.7 Å². The van der Waals surface area contributed by atoms with Gasteiger partial charge in [-0.05, 0) is 121 Å². The Bertz CT molecular complexity index is 1540. The average Bonchev–Trinajstić information content (AvgIpc) is 2.91. The van der Waals surface area contributed by atoms with Gasteiger partial charge in [0.15, 0.2) is 0 Å². The van der Waals surface area contributed by atoms with Gasteiger partial charge in [-0.15, -0.1) is 0 Å². The summed E-state index contributed by atoms with van der Waals surface area (Å²) in [4.78, 5) is 24.9. The quantitative estimate of drug-likeness (QED) is 0.279. The topological polar surface area (TPSA) is 99.0 Å². The fourth-order valence-electron chi connectivity index (χ4n) is 5.47. The van der Waals surface area contributed by atoms with Crippen LogP contribution in [0.5, 0.6) is 17.2 Å². The number of amides is 1. The first-order valence-electron chi connectivity index (χ1n) is 15.2. The zero-order valence-electron chi connectivity index (χ0n) is 27.0. The van der Waals surface area contributed by atoms with Gasteiger partial charge in [0, 0.05) is 37.0 Å². The second-order valence-electron chi connectivity index (χ2n) is 13.4. The molecule has 0 aliphatic heterocycles. The van der Waals surface area contributed by atoms with E-state index in [0.29, 0.717) is 57.5 Å². The first-order chi connectivity index (χ1) is 20.5. The van der Waals surface area contributed by atoms with E-state index in [1.807, 2.05) is 26.8 Å². The Hall–Kier alpha value is -3.85. The Morgan fingerprint density at radius 1 is 0.977 bits per heavy atom. The number of carbonyl (C=O) groups is 1. The van der Waals surface area contributed by atoms with Crippen molar-refractivity contribution in [3.63, 3.8) is 0 Å². The molecule has 8 nitrogen and oxygen atoms in total. The lowest BCUT2D eigenvalue weighted by Crippen LogP contribution is -2.37. The molecule has 4 rings (SSSR count). The molecule has 0 bridgehead atoms. The largest absolute Gasteiger partial charge is 0.490 e. The summed E-state index contributed by atoms with van der Waals surface area (Å²) in [6, 6.07) is 9.75. The molecule has 1 aliphatic rings. The van der Waals surface area contributed by atoms with Crippen molar-refractivity contribution in [3.05, 3.63) is 75.5 Å². The van der Waals surface area contributed by atoms with Crippen molar-refractivity contribution in [2.75, 3.05) is 6.54 Å². The molecule has 9 heteroatoms. The number of nitrogens with one attached hydrogen (secondary N) is 1. The molecular weight excluding hydrogens is 563 g/mol. The minimum Gasteiger partial charge on any atom is -0.490 e. The Balaban J connectivity index is 1.62. The SMILES string of the molecule is Cc1cc(F)cc(C)c1Oc1ccc(C(C)(C)O)cc1-c1cn(C)c(=O)cc1O[C@H]1CC[C@H](CNC(=O)OC(C)(C)C)CC1. The van der Waals surface area contributed by atoms with Crippen molar-refractivity contribution in [2.24, 2.45) is 13.0 Å². The third-order valence-electron chi connectivity index (χ3n) is 7.83. The van der Waals surface area contributed by atoms with Crippen molar-refractivity contribution < 1.29 is 28.5 Å². The lowest BCUT2D eigenvalue weighted by atomic mass is 9.87. The maximum atomic E-state index is 14.0. The number of nitrogens with zero attached hydrogens (tertiary/aromatic N) is 1. The highest BCUT2D eigenvalue weighted by Crippen LogP contribution is 2.42.